The lowest BCUT2D eigenvalue weighted by atomic mass is 9.86. The van der Waals surface area contributed by atoms with E-state index in [1.807, 2.05) is 13.8 Å². The Morgan fingerprint density at radius 1 is 1.53 bits per heavy atom. The molecule has 0 radical (unpaired) electrons. The van der Waals surface area contributed by atoms with Gasteiger partial charge in [0, 0.05) is 11.0 Å². The number of oxime groups is 1. The summed E-state index contributed by atoms with van der Waals surface area (Å²) in [5.41, 5.74) is 5.81. The summed E-state index contributed by atoms with van der Waals surface area (Å²) in [7, 11) is 0. The second-order valence-corrected chi connectivity index (χ2v) is 5.46. The fourth-order valence-electron chi connectivity index (χ4n) is 1.55. The summed E-state index contributed by atoms with van der Waals surface area (Å²) in [6.07, 6.45) is 4.57. The van der Waals surface area contributed by atoms with Crippen LogP contribution in [0.2, 0.25) is 0 Å². The predicted octanol–water partition coefficient (Wildman–Crippen LogP) is 1.68. The van der Waals surface area contributed by atoms with Crippen molar-refractivity contribution in [2.45, 2.75) is 52.0 Å². The number of hydrogen-bond acceptors (Lipinski definition) is 3. The van der Waals surface area contributed by atoms with E-state index < -0.39 is 0 Å². The minimum Gasteiger partial charge on any atom is -0.409 e. The SMILES string of the molecule is CC1(NCCCC(C)(C)C(N)=NO)CC1. The van der Waals surface area contributed by atoms with Gasteiger partial charge in [-0.1, -0.05) is 19.0 Å². The van der Waals surface area contributed by atoms with Crippen LogP contribution < -0.4 is 11.1 Å². The highest BCUT2D eigenvalue weighted by Gasteiger charge is 2.36. The molecule has 15 heavy (non-hydrogen) atoms. The van der Waals surface area contributed by atoms with E-state index in [-0.39, 0.29) is 5.41 Å². The number of nitrogens with zero attached hydrogens (tertiary/aromatic N) is 1. The molecule has 4 N–H and O–H groups in total. The summed E-state index contributed by atoms with van der Waals surface area (Å²) < 4.78 is 0. The molecule has 0 amide bonds. The number of nitrogens with two attached hydrogens (primary N) is 1. The molecule has 0 heterocycles. The summed E-state index contributed by atoms with van der Waals surface area (Å²) in [5, 5.41) is 15.2. The molecule has 88 valence electrons. The molecular formula is C11H23N3O. The number of nitrogens with one attached hydrogen (secondary N) is 1. The van der Waals surface area contributed by atoms with Gasteiger partial charge >= 0.3 is 0 Å². The highest BCUT2D eigenvalue weighted by molar-refractivity contribution is 5.85. The minimum absolute atomic E-state index is 0.207. The van der Waals surface area contributed by atoms with E-state index in [9.17, 15) is 0 Å². The molecule has 0 atom stereocenters. The number of rotatable bonds is 6. The normalized spacial score (nSPS) is 20.3. The molecular weight excluding hydrogens is 190 g/mol. The molecule has 0 aromatic heterocycles. The molecule has 4 nitrogen and oxygen atoms in total. The van der Waals surface area contributed by atoms with Gasteiger partial charge in [0.05, 0.1) is 0 Å². The van der Waals surface area contributed by atoms with E-state index >= 15 is 0 Å². The van der Waals surface area contributed by atoms with Crippen LogP contribution in [0.1, 0.15) is 46.5 Å². The van der Waals surface area contributed by atoms with Crippen molar-refractivity contribution in [3.05, 3.63) is 0 Å². The minimum atomic E-state index is -0.207. The van der Waals surface area contributed by atoms with E-state index in [0.29, 0.717) is 11.4 Å². The maximum Gasteiger partial charge on any atom is 0.144 e. The van der Waals surface area contributed by atoms with Gasteiger partial charge in [0.15, 0.2) is 0 Å². The lowest BCUT2D eigenvalue weighted by Gasteiger charge is -2.23. The maximum absolute atomic E-state index is 8.61. The van der Waals surface area contributed by atoms with Gasteiger partial charge in [0.1, 0.15) is 5.84 Å². The lowest BCUT2D eigenvalue weighted by Crippen LogP contribution is -2.34. The molecule has 0 unspecified atom stereocenters. The van der Waals surface area contributed by atoms with Gasteiger partial charge in [-0.2, -0.15) is 0 Å². The van der Waals surface area contributed by atoms with Crippen LogP contribution in [-0.4, -0.2) is 23.1 Å². The second-order valence-electron chi connectivity index (χ2n) is 5.46. The molecule has 0 aliphatic heterocycles. The maximum atomic E-state index is 8.61. The van der Waals surface area contributed by atoms with Crippen LogP contribution >= 0.6 is 0 Å². The topological polar surface area (TPSA) is 70.6 Å². The first-order valence-corrected chi connectivity index (χ1v) is 5.63. The lowest BCUT2D eigenvalue weighted by molar-refractivity contribution is 0.304. The van der Waals surface area contributed by atoms with E-state index in [0.717, 1.165) is 19.4 Å². The van der Waals surface area contributed by atoms with E-state index in [4.69, 9.17) is 10.9 Å². The Morgan fingerprint density at radius 3 is 2.60 bits per heavy atom. The van der Waals surface area contributed by atoms with Crippen molar-refractivity contribution in [2.24, 2.45) is 16.3 Å². The van der Waals surface area contributed by atoms with Crippen molar-refractivity contribution in [3.63, 3.8) is 0 Å². The molecule has 1 aliphatic rings. The van der Waals surface area contributed by atoms with E-state index in [1.165, 1.54) is 12.8 Å². The van der Waals surface area contributed by atoms with Crippen molar-refractivity contribution < 1.29 is 5.21 Å². The standard InChI is InChI=1S/C11H23N3O/c1-10(2,9(12)14-15)5-4-8-13-11(3)6-7-11/h13,15H,4-8H2,1-3H3,(H2,12,14). The first kappa shape index (κ1) is 12.3. The van der Waals surface area contributed by atoms with E-state index in [2.05, 4.69) is 17.4 Å². The number of hydrogen-bond donors (Lipinski definition) is 3. The van der Waals surface area contributed by atoms with Crippen LogP contribution in [0, 0.1) is 5.41 Å². The fraction of sp³-hybridized carbons (Fsp3) is 0.909. The van der Waals surface area contributed by atoms with Gasteiger partial charge < -0.3 is 16.3 Å². The van der Waals surface area contributed by atoms with Crippen LogP contribution in [0.4, 0.5) is 0 Å². The van der Waals surface area contributed by atoms with Crippen molar-refractivity contribution in [1.29, 1.82) is 0 Å². The Balaban J connectivity index is 2.18. The highest BCUT2D eigenvalue weighted by atomic mass is 16.4. The zero-order valence-corrected chi connectivity index (χ0v) is 10.0. The average Bonchev–Trinajstić information content (AvgIpc) is 2.90. The van der Waals surface area contributed by atoms with Crippen LogP contribution in [0.3, 0.4) is 0 Å². The van der Waals surface area contributed by atoms with E-state index in [1.54, 1.807) is 0 Å². The van der Waals surface area contributed by atoms with Gasteiger partial charge in [0.25, 0.3) is 0 Å². The van der Waals surface area contributed by atoms with Crippen LogP contribution in [-0.2, 0) is 0 Å². The molecule has 1 aliphatic carbocycles. The Labute approximate surface area is 91.9 Å². The monoisotopic (exact) mass is 213 g/mol. The van der Waals surface area contributed by atoms with Crippen molar-refractivity contribution >= 4 is 5.84 Å². The van der Waals surface area contributed by atoms with Crippen LogP contribution in [0.15, 0.2) is 5.16 Å². The zero-order chi connectivity index (χ0) is 11.5. The third-order valence-electron chi connectivity index (χ3n) is 3.33. The molecule has 0 saturated heterocycles. The van der Waals surface area contributed by atoms with Gasteiger partial charge in [-0.05, 0) is 39.2 Å². The molecule has 0 bridgehead atoms. The van der Waals surface area contributed by atoms with Crippen LogP contribution in [0.5, 0.6) is 0 Å². The first-order valence-electron chi connectivity index (χ1n) is 5.63. The summed E-state index contributed by atoms with van der Waals surface area (Å²) >= 11 is 0. The molecule has 4 heteroatoms. The average molecular weight is 213 g/mol. The van der Waals surface area contributed by atoms with Crippen molar-refractivity contribution in [2.75, 3.05) is 6.54 Å². The Bertz CT molecular complexity index is 244. The summed E-state index contributed by atoms with van der Waals surface area (Å²) in [4.78, 5) is 0. The Kier molecular flexibility index (Phi) is 3.60. The van der Waals surface area contributed by atoms with Crippen molar-refractivity contribution in [3.8, 4) is 0 Å². The third-order valence-corrected chi connectivity index (χ3v) is 3.33. The zero-order valence-electron chi connectivity index (χ0n) is 10.0. The highest BCUT2D eigenvalue weighted by Crippen LogP contribution is 2.34. The summed E-state index contributed by atoms with van der Waals surface area (Å²) in [6.45, 7) is 7.27. The predicted molar refractivity (Wildman–Crippen MR) is 62.1 cm³/mol. The Morgan fingerprint density at radius 2 is 2.13 bits per heavy atom. The fourth-order valence-corrected chi connectivity index (χ4v) is 1.55. The quantitative estimate of drug-likeness (QED) is 0.207. The summed E-state index contributed by atoms with van der Waals surface area (Å²) in [5.74, 6) is 0.320. The third kappa shape index (κ3) is 3.70. The summed E-state index contributed by atoms with van der Waals surface area (Å²) in [6, 6.07) is 0. The largest absolute Gasteiger partial charge is 0.409 e. The van der Waals surface area contributed by atoms with Gasteiger partial charge in [-0.25, -0.2) is 0 Å². The van der Waals surface area contributed by atoms with Gasteiger partial charge in [0.2, 0.25) is 0 Å². The van der Waals surface area contributed by atoms with Gasteiger partial charge in [-0.15, -0.1) is 0 Å². The molecule has 0 spiro atoms. The smallest absolute Gasteiger partial charge is 0.144 e. The van der Waals surface area contributed by atoms with Crippen LogP contribution in [0.25, 0.3) is 0 Å². The molecule has 1 saturated carbocycles. The second kappa shape index (κ2) is 4.39. The molecule has 1 fully saturated rings. The first-order chi connectivity index (χ1) is 6.90. The molecule has 0 aromatic rings. The number of amidine groups is 1. The van der Waals surface area contributed by atoms with Gasteiger partial charge in [-0.3, -0.25) is 0 Å². The van der Waals surface area contributed by atoms with Crippen molar-refractivity contribution in [1.82, 2.24) is 5.32 Å². The Hall–Kier alpha value is -0.770. The molecule has 0 aromatic carbocycles. The molecule has 1 rings (SSSR count).